The summed E-state index contributed by atoms with van der Waals surface area (Å²) in [7, 11) is 0. The van der Waals surface area contributed by atoms with Gasteiger partial charge in [-0.1, -0.05) is 104 Å². The Bertz CT molecular complexity index is 2060. The van der Waals surface area contributed by atoms with Gasteiger partial charge in [0.15, 0.2) is 0 Å². The first-order chi connectivity index (χ1) is 29.5. The van der Waals surface area contributed by atoms with E-state index in [1.54, 1.807) is 0 Å². The van der Waals surface area contributed by atoms with E-state index in [0.29, 0.717) is 32.3 Å². The molecule has 0 saturated carbocycles. The van der Waals surface area contributed by atoms with Crippen molar-refractivity contribution in [2.24, 2.45) is 0 Å². The summed E-state index contributed by atoms with van der Waals surface area (Å²) < 4.78 is 47.8. The SMILES string of the molecule is CCC(CC)c1cc(C(C)(C)c2ccc(OCC3CO3)cc2)cc(CC(CC)(CC)c2cc(C(C)(C)c3ccc(OCC4CO4)cc3)ccc2OCC2CO2)c1OCC1CO1. The van der Waals surface area contributed by atoms with Gasteiger partial charge in [-0.3, -0.25) is 0 Å². The lowest BCUT2D eigenvalue weighted by molar-refractivity contribution is 0.248. The van der Waals surface area contributed by atoms with Gasteiger partial charge < -0.3 is 37.9 Å². The number of benzene rings is 4. The number of hydrogen-bond donors (Lipinski definition) is 0. The molecule has 0 aromatic heterocycles. The Balaban J connectivity index is 1.20. The average molecular weight is 833 g/mol. The van der Waals surface area contributed by atoms with Crippen LogP contribution in [0.2, 0.25) is 0 Å². The second-order valence-electron chi connectivity index (χ2n) is 18.8. The number of epoxide rings is 4. The van der Waals surface area contributed by atoms with Crippen LogP contribution in [-0.4, -0.2) is 77.3 Å². The molecule has 4 aliphatic heterocycles. The van der Waals surface area contributed by atoms with Crippen LogP contribution < -0.4 is 18.9 Å². The van der Waals surface area contributed by atoms with E-state index in [9.17, 15) is 0 Å². The highest BCUT2D eigenvalue weighted by molar-refractivity contribution is 5.54. The normalized spacial score (nSPS) is 20.7. The average Bonchev–Trinajstić information content (AvgIpc) is 4.06. The summed E-state index contributed by atoms with van der Waals surface area (Å²) in [5.41, 5.74) is 7.95. The third kappa shape index (κ3) is 10.3. The van der Waals surface area contributed by atoms with Gasteiger partial charge in [-0.15, -0.1) is 0 Å². The maximum Gasteiger partial charge on any atom is 0.126 e. The van der Waals surface area contributed by atoms with E-state index in [1.807, 2.05) is 0 Å². The fraction of sp³-hybridized carbons (Fsp3) is 0.547. The van der Waals surface area contributed by atoms with E-state index in [-0.39, 0.29) is 40.7 Å². The van der Waals surface area contributed by atoms with E-state index in [2.05, 4.69) is 134 Å². The molecule has 4 unspecified atom stereocenters. The Morgan fingerprint density at radius 2 is 0.967 bits per heavy atom. The minimum atomic E-state index is -0.290. The van der Waals surface area contributed by atoms with Gasteiger partial charge >= 0.3 is 0 Å². The van der Waals surface area contributed by atoms with Gasteiger partial charge in [-0.25, -0.2) is 0 Å². The fourth-order valence-electron chi connectivity index (χ4n) is 8.88. The Hall–Kier alpha value is -4.08. The molecule has 4 aromatic rings. The van der Waals surface area contributed by atoms with Crippen molar-refractivity contribution < 1.29 is 37.9 Å². The molecule has 328 valence electrons. The number of hydrogen-bond acceptors (Lipinski definition) is 8. The monoisotopic (exact) mass is 832 g/mol. The van der Waals surface area contributed by atoms with Crippen LogP contribution in [0.3, 0.4) is 0 Å². The van der Waals surface area contributed by atoms with Crippen LogP contribution in [0.25, 0.3) is 0 Å². The standard InChI is InChI=1S/C53H68O8/c1-9-35(10-2)47-24-40(52(7,8)38-15-20-42(21-16-38)55-28-44-30-57-44)23-36(50(47)61-34-46-32-59-46)26-53(11-3,12-4)48-25-39(17-22-49(48)60-33-45-31-58-45)51(5,6)37-13-18-41(19-14-37)54-27-43-29-56-43/h13-25,35,43-46H,9-12,26-34H2,1-8H3. The van der Waals surface area contributed by atoms with Crippen molar-refractivity contribution in [1.29, 1.82) is 0 Å². The van der Waals surface area contributed by atoms with E-state index in [4.69, 9.17) is 37.9 Å². The van der Waals surface area contributed by atoms with Crippen molar-refractivity contribution in [2.75, 3.05) is 52.9 Å². The van der Waals surface area contributed by atoms with Crippen LogP contribution in [0.1, 0.15) is 126 Å². The highest BCUT2D eigenvalue weighted by Crippen LogP contribution is 2.48. The molecule has 0 bridgehead atoms. The zero-order chi connectivity index (χ0) is 42.8. The molecule has 8 nitrogen and oxygen atoms in total. The molecule has 8 heteroatoms. The molecule has 4 heterocycles. The van der Waals surface area contributed by atoms with Crippen LogP contribution in [0.15, 0.2) is 78.9 Å². The Morgan fingerprint density at radius 1 is 0.525 bits per heavy atom. The maximum absolute atomic E-state index is 6.97. The molecule has 0 aliphatic carbocycles. The lowest BCUT2D eigenvalue weighted by Gasteiger charge is -2.38. The molecule has 4 aromatic carbocycles. The summed E-state index contributed by atoms with van der Waals surface area (Å²) in [4.78, 5) is 0. The first kappa shape index (κ1) is 43.6. The van der Waals surface area contributed by atoms with Crippen molar-refractivity contribution in [3.63, 3.8) is 0 Å². The predicted octanol–water partition coefficient (Wildman–Crippen LogP) is 10.7. The zero-order valence-corrected chi connectivity index (χ0v) is 37.9. The van der Waals surface area contributed by atoms with Gasteiger partial charge in [0, 0.05) is 21.8 Å². The number of rotatable bonds is 24. The first-order valence-electron chi connectivity index (χ1n) is 23.0. The van der Waals surface area contributed by atoms with Crippen molar-refractivity contribution in [1.82, 2.24) is 0 Å². The van der Waals surface area contributed by atoms with Crippen LogP contribution in [-0.2, 0) is 41.6 Å². The highest BCUT2D eigenvalue weighted by atomic mass is 16.6. The van der Waals surface area contributed by atoms with Crippen molar-refractivity contribution in [3.8, 4) is 23.0 Å². The fourth-order valence-corrected chi connectivity index (χ4v) is 8.88. The van der Waals surface area contributed by atoms with Crippen molar-refractivity contribution in [3.05, 3.63) is 118 Å². The Morgan fingerprint density at radius 3 is 1.43 bits per heavy atom. The smallest absolute Gasteiger partial charge is 0.126 e. The lowest BCUT2D eigenvalue weighted by atomic mass is 9.68. The largest absolute Gasteiger partial charge is 0.491 e. The summed E-state index contributed by atoms with van der Waals surface area (Å²) >= 11 is 0. The molecule has 0 N–H and O–H groups in total. The quantitative estimate of drug-likeness (QED) is 0.0645. The van der Waals surface area contributed by atoms with Crippen molar-refractivity contribution in [2.45, 2.75) is 134 Å². The second kappa shape index (κ2) is 18.3. The summed E-state index contributed by atoms with van der Waals surface area (Å²) in [6.45, 7) is 24.0. The van der Waals surface area contributed by atoms with Gasteiger partial charge in [0.25, 0.3) is 0 Å². The van der Waals surface area contributed by atoms with Gasteiger partial charge in [-0.2, -0.15) is 0 Å². The van der Waals surface area contributed by atoms with Gasteiger partial charge in [0.1, 0.15) is 73.8 Å². The van der Waals surface area contributed by atoms with E-state index in [0.717, 1.165) is 81.5 Å². The summed E-state index contributed by atoms with van der Waals surface area (Å²) in [6, 6.07) is 29.0. The third-order valence-corrected chi connectivity index (χ3v) is 14.0. The van der Waals surface area contributed by atoms with Crippen LogP contribution in [0, 0.1) is 0 Å². The second-order valence-corrected chi connectivity index (χ2v) is 18.8. The Labute approximate surface area is 364 Å². The molecule has 0 amide bonds. The molecular weight excluding hydrogens is 765 g/mol. The van der Waals surface area contributed by atoms with Crippen LogP contribution in [0.5, 0.6) is 23.0 Å². The van der Waals surface area contributed by atoms with Crippen LogP contribution in [0.4, 0.5) is 0 Å². The molecule has 4 aliphatic rings. The minimum absolute atomic E-state index is 0.143. The maximum atomic E-state index is 6.97. The van der Waals surface area contributed by atoms with E-state index < -0.39 is 0 Å². The minimum Gasteiger partial charge on any atom is -0.491 e. The predicted molar refractivity (Wildman–Crippen MR) is 240 cm³/mol. The summed E-state index contributed by atoms with van der Waals surface area (Å²) in [6.07, 6.45) is 5.43. The van der Waals surface area contributed by atoms with Crippen molar-refractivity contribution >= 4 is 0 Å². The molecule has 0 spiro atoms. The Kier molecular flexibility index (Phi) is 13.1. The van der Waals surface area contributed by atoms with Gasteiger partial charge in [-0.05, 0) is 102 Å². The van der Waals surface area contributed by atoms with Gasteiger partial charge in [0.05, 0.1) is 26.4 Å². The third-order valence-electron chi connectivity index (χ3n) is 14.0. The zero-order valence-electron chi connectivity index (χ0n) is 37.9. The molecule has 0 radical (unpaired) electrons. The molecule has 4 atom stereocenters. The first-order valence-corrected chi connectivity index (χ1v) is 23.0. The summed E-state index contributed by atoms with van der Waals surface area (Å²) in [5.74, 6) is 4.06. The summed E-state index contributed by atoms with van der Waals surface area (Å²) in [5, 5.41) is 0. The topological polar surface area (TPSA) is 87.0 Å². The van der Waals surface area contributed by atoms with Gasteiger partial charge in [0.2, 0.25) is 0 Å². The lowest BCUT2D eigenvalue weighted by Crippen LogP contribution is -2.31. The molecule has 4 saturated heterocycles. The van der Waals surface area contributed by atoms with E-state index in [1.165, 1.54) is 38.9 Å². The molecule has 61 heavy (non-hydrogen) atoms. The molecule has 4 fully saturated rings. The molecular formula is C53H68O8. The number of ether oxygens (including phenoxy) is 8. The van der Waals surface area contributed by atoms with Crippen LogP contribution >= 0.6 is 0 Å². The highest BCUT2D eigenvalue weighted by Gasteiger charge is 2.38. The molecule has 8 rings (SSSR count). The van der Waals surface area contributed by atoms with E-state index >= 15 is 0 Å².